The number of nitrogens with one attached hydrogen (secondary N) is 1. The van der Waals surface area contributed by atoms with Crippen molar-refractivity contribution in [2.24, 2.45) is 11.8 Å². The van der Waals surface area contributed by atoms with E-state index < -0.39 is 35.5 Å². The molecule has 2 aromatic rings. The minimum absolute atomic E-state index is 0.0533. The van der Waals surface area contributed by atoms with Crippen molar-refractivity contribution in [1.82, 2.24) is 10.2 Å². The first-order chi connectivity index (χ1) is 16.7. The minimum atomic E-state index is -4.69. The number of hydrogen-bond donors (Lipinski definition) is 1. The summed E-state index contributed by atoms with van der Waals surface area (Å²) in [4.78, 5) is 28.1. The lowest BCUT2D eigenvalue weighted by molar-refractivity contribution is -0.138. The highest BCUT2D eigenvalue weighted by Gasteiger charge is 2.56. The molecule has 2 heterocycles. The zero-order valence-electron chi connectivity index (χ0n) is 18.4. The second-order valence-electron chi connectivity index (χ2n) is 9.24. The SMILES string of the molecule is N#Cc1cccc(C(=O)N2[C@@H](C(=O)NC(c3ccc(C(F)(F)F)cc3F)C3COC3)C[C@H]3C[C@H]32)c1. The van der Waals surface area contributed by atoms with Crippen LogP contribution in [0.5, 0.6) is 0 Å². The van der Waals surface area contributed by atoms with Gasteiger partial charge in [0, 0.05) is 23.1 Å². The zero-order chi connectivity index (χ0) is 24.9. The summed E-state index contributed by atoms with van der Waals surface area (Å²) in [6.45, 7) is 0.454. The Morgan fingerprint density at radius 1 is 1.14 bits per heavy atom. The van der Waals surface area contributed by atoms with Crippen molar-refractivity contribution >= 4 is 11.8 Å². The van der Waals surface area contributed by atoms with Crippen molar-refractivity contribution in [3.63, 3.8) is 0 Å². The monoisotopic (exact) mass is 487 g/mol. The van der Waals surface area contributed by atoms with E-state index in [0.717, 1.165) is 18.6 Å². The van der Waals surface area contributed by atoms with Crippen LogP contribution in [0.3, 0.4) is 0 Å². The van der Waals surface area contributed by atoms with Crippen LogP contribution in [0.2, 0.25) is 0 Å². The van der Waals surface area contributed by atoms with Crippen LogP contribution in [0.15, 0.2) is 42.5 Å². The van der Waals surface area contributed by atoms with Gasteiger partial charge in [-0.1, -0.05) is 12.1 Å². The first-order valence-corrected chi connectivity index (χ1v) is 11.2. The molecule has 3 fully saturated rings. The first kappa shape index (κ1) is 23.3. The molecule has 1 aliphatic carbocycles. The number of likely N-dealkylation sites (tertiary alicyclic amines) is 1. The number of hydrogen-bond acceptors (Lipinski definition) is 4. The Balaban J connectivity index is 1.38. The van der Waals surface area contributed by atoms with Crippen molar-refractivity contribution in [3.05, 3.63) is 70.5 Å². The second kappa shape index (κ2) is 8.64. The van der Waals surface area contributed by atoms with Gasteiger partial charge in [-0.25, -0.2) is 4.39 Å². The van der Waals surface area contributed by atoms with Gasteiger partial charge in [-0.3, -0.25) is 9.59 Å². The molecule has 1 unspecified atom stereocenters. The average molecular weight is 487 g/mol. The van der Waals surface area contributed by atoms with Gasteiger partial charge in [0.05, 0.1) is 36.5 Å². The van der Waals surface area contributed by atoms with E-state index in [1.807, 2.05) is 6.07 Å². The molecule has 0 radical (unpaired) electrons. The number of carbonyl (C=O) groups excluding carboxylic acids is 2. The van der Waals surface area contributed by atoms with E-state index in [1.165, 1.54) is 11.0 Å². The summed E-state index contributed by atoms with van der Waals surface area (Å²) in [7, 11) is 0. The molecule has 1 saturated carbocycles. The van der Waals surface area contributed by atoms with Crippen LogP contribution in [0.25, 0.3) is 0 Å². The topological polar surface area (TPSA) is 82.4 Å². The van der Waals surface area contributed by atoms with Crippen LogP contribution in [0, 0.1) is 29.0 Å². The second-order valence-corrected chi connectivity index (χ2v) is 9.24. The summed E-state index contributed by atoms with van der Waals surface area (Å²) < 4.78 is 58.9. The fourth-order valence-electron chi connectivity index (χ4n) is 4.95. The van der Waals surface area contributed by atoms with Gasteiger partial charge in [0.25, 0.3) is 5.91 Å². The number of carbonyl (C=O) groups is 2. The molecular formula is C25H21F4N3O3. The number of nitrogens with zero attached hydrogens (tertiary/aromatic N) is 2. The number of amides is 2. The number of rotatable bonds is 5. The predicted molar refractivity (Wildman–Crippen MR) is 114 cm³/mol. The molecule has 182 valence electrons. The maximum Gasteiger partial charge on any atom is 0.416 e. The maximum absolute atomic E-state index is 14.8. The number of ether oxygens (including phenoxy) is 1. The van der Waals surface area contributed by atoms with Gasteiger partial charge in [0.15, 0.2) is 0 Å². The van der Waals surface area contributed by atoms with Gasteiger partial charge < -0.3 is 15.0 Å². The molecule has 35 heavy (non-hydrogen) atoms. The van der Waals surface area contributed by atoms with E-state index >= 15 is 0 Å². The first-order valence-electron chi connectivity index (χ1n) is 11.2. The number of fused-ring (bicyclic) bond motifs is 1. The number of alkyl halides is 3. The van der Waals surface area contributed by atoms with E-state index in [1.54, 1.807) is 18.2 Å². The van der Waals surface area contributed by atoms with Crippen molar-refractivity contribution in [2.75, 3.05) is 13.2 Å². The summed E-state index contributed by atoms with van der Waals surface area (Å²) in [5.41, 5.74) is -0.540. The minimum Gasteiger partial charge on any atom is -0.381 e. The Morgan fingerprint density at radius 3 is 2.54 bits per heavy atom. The van der Waals surface area contributed by atoms with Crippen LogP contribution in [-0.4, -0.2) is 42.0 Å². The van der Waals surface area contributed by atoms with Crippen molar-refractivity contribution in [3.8, 4) is 6.07 Å². The van der Waals surface area contributed by atoms with E-state index in [2.05, 4.69) is 5.32 Å². The van der Waals surface area contributed by atoms with Gasteiger partial charge in [0.2, 0.25) is 5.91 Å². The molecule has 4 atom stereocenters. The number of benzene rings is 2. The molecule has 2 aliphatic heterocycles. The molecule has 10 heteroatoms. The Hall–Kier alpha value is -3.45. The number of piperidine rings is 1. The smallest absolute Gasteiger partial charge is 0.381 e. The van der Waals surface area contributed by atoms with Gasteiger partial charge in [-0.2, -0.15) is 18.4 Å². The van der Waals surface area contributed by atoms with E-state index in [9.17, 15) is 27.2 Å². The predicted octanol–water partition coefficient (Wildman–Crippen LogP) is 3.82. The molecule has 0 aromatic heterocycles. The Kier molecular flexibility index (Phi) is 5.75. The van der Waals surface area contributed by atoms with Crippen LogP contribution in [0.4, 0.5) is 17.6 Å². The highest BCUT2D eigenvalue weighted by molar-refractivity contribution is 5.99. The van der Waals surface area contributed by atoms with Crippen molar-refractivity contribution in [1.29, 1.82) is 5.26 Å². The molecular weight excluding hydrogens is 466 g/mol. The van der Waals surface area contributed by atoms with Gasteiger partial charge >= 0.3 is 6.18 Å². The summed E-state index contributed by atoms with van der Waals surface area (Å²) in [6.07, 6.45) is -3.46. The van der Waals surface area contributed by atoms with E-state index in [-0.39, 0.29) is 42.6 Å². The van der Waals surface area contributed by atoms with Crippen LogP contribution < -0.4 is 5.32 Å². The Labute approximate surface area is 198 Å². The maximum atomic E-state index is 14.8. The Morgan fingerprint density at radius 2 is 1.91 bits per heavy atom. The van der Waals surface area contributed by atoms with Gasteiger partial charge in [0.1, 0.15) is 11.9 Å². The quantitative estimate of drug-likeness (QED) is 0.651. The third-order valence-corrected chi connectivity index (χ3v) is 6.98. The zero-order valence-corrected chi connectivity index (χ0v) is 18.4. The van der Waals surface area contributed by atoms with Crippen LogP contribution in [-0.2, 0) is 15.7 Å². The summed E-state index contributed by atoms with van der Waals surface area (Å²) in [6, 6.07) is 8.71. The summed E-state index contributed by atoms with van der Waals surface area (Å²) in [5.74, 6) is -2.04. The highest BCUT2D eigenvalue weighted by atomic mass is 19.4. The van der Waals surface area contributed by atoms with Crippen LogP contribution >= 0.6 is 0 Å². The molecule has 6 nitrogen and oxygen atoms in total. The third-order valence-electron chi connectivity index (χ3n) is 6.98. The third kappa shape index (κ3) is 4.36. The number of halogens is 4. The molecule has 0 spiro atoms. The molecule has 2 saturated heterocycles. The normalized spacial score (nSPS) is 24.2. The standard InChI is InChI=1S/C25H21F4N3O3/c26-19-9-17(25(27,28)29)4-5-18(19)22(16-11-35-12-16)31-23(33)21-8-15-7-20(15)32(21)24(34)14-3-1-2-13(6-14)10-30/h1-6,9,15-16,20-22H,7-8,11-12H2,(H,31,33)/t15-,20-,21-,22?/m1/s1. The van der Waals surface area contributed by atoms with Crippen molar-refractivity contribution in [2.45, 2.75) is 37.1 Å². The lowest BCUT2D eigenvalue weighted by atomic mass is 9.90. The van der Waals surface area contributed by atoms with Gasteiger partial charge in [-0.15, -0.1) is 0 Å². The fraction of sp³-hybridized carbons (Fsp3) is 0.400. The Bertz CT molecular complexity index is 1220. The van der Waals surface area contributed by atoms with Crippen molar-refractivity contribution < 1.29 is 31.9 Å². The lowest BCUT2D eigenvalue weighted by Crippen LogP contribution is -2.51. The lowest BCUT2D eigenvalue weighted by Gasteiger charge is -2.36. The largest absolute Gasteiger partial charge is 0.416 e. The van der Waals surface area contributed by atoms with Gasteiger partial charge in [-0.05, 0) is 49.1 Å². The highest BCUT2D eigenvalue weighted by Crippen LogP contribution is 2.48. The molecule has 5 rings (SSSR count). The molecule has 3 aliphatic rings. The molecule has 1 N–H and O–H groups in total. The van der Waals surface area contributed by atoms with E-state index in [0.29, 0.717) is 23.6 Å². The average Bonchev–Trinajstić information content (AvgIpc) is 3.45. The molecule has 2 amide bonds. The summed E-state index contributed by atoms with van der Waals surface area (Å²) >= 11 is 0. The summed E-state index contributed by atoms with van der Waals surface area (Å²) in [5, 5.41) is 11.9. The molecule has 0 bridgehead atoms. The van der Waals surface area contributed by atoms with E-state index in [4.69, 9.17) is 10.00 Å². The molecule has 2 aromatic carbocycles. The van der Waals surface area contributed by atoms with Crippen LogP contribution in [0.1, 0.15) is 45.9 Å². The fourth-order valence-corrected chi connectivity index (χ4v) is 4.95. The number of nitriles is 1.